The van der Waals surface area contributed by atoms with Crippen LogP contribution in [0.4, 0.5) is 10.9 Å². The Bertz CT molecular complexity index is 1130. The smallest absolute Gasteiger partial charge is 0.223 e. The molecule has 1 amide bonds. The summed E-state index contributed by atoms with van der Waals surface area (Å²) in [6.07, 6.45) is 2.08. The van der Waals surface area contributed by atoms with Gasteiger partial charge in [0.25, 0.3) is 0 Å². The average molecular weight is 470 g/mol. The number of nitrogens with zero attached hydrogens (tertiary/aromatic N) is 4. The molecule has 0 spiro atoms. The van der Waals surface area contributed by atoms with Gasteiger partial charge in [-0.2, -0.15) is 0 Å². The maximum atomic E-state index is 12.5. The maximum absolute atomic E-state index is 12.5. The molecule has 8 heteroatoms. The van der Waals surface area contributed by atoms with Gasteiger partial charge in [0, 0.05) is 47.0 Å². The highest BCUT2D eigenvalue weighted by atomic mass is 35.5. The number of nitrogens with one attached hydrogen (secondary N) is 1. The van der Waals surface area contributed by atoms with E-state index in [1.165, 1.54) is 0 Å². The number of fused-ring (bicyclic) bond motifs is 1. The van der Waals surface area contributed by atoms with Crippen LogP contribution in [-0.2, 0) is 24.2 Å². The second-order valence-electron chi connectivity index (χ2n) is 8.66. The molecule has 4 rings (SSSR count). The quantitative estimate of drug-likeness (QED) is 0.518. The van der Waals surface area contributed by atoms with Gasteiger partial charge in [-0.1, -0.05) is 48.9 Å². The third-order valence-electron chi connectivity index (χ3n) is 5.51. The summed E-state index contributed by atoms with van der Waals surface area (Å²) in [6, 6.07) is 7.84. The lowest BCUT2D eigenvalue weighted by Gasteiger charge is -2.26. The lowest BCUT2D eigenvalue weighted by atomic mass is 10.0. The number of halogens is 1. The minimum atomic E-state index is 0.223. The van der Waals surface area contributed by atoms with Crippen molar-refractivity contribution in [3.8, 4) is 0 Å². The first-order valence-corrected chi connectivity index (χ1v) is 12.1. The summed E-state index contributed by atoms with van der Waals surface area (Å²) in [7, 11) is 0. The Morgan fingerprint density at radius 2 is 1.94 bits per heavy atom. The predicted octanol–water partition coefficient (Wildman–Crippen LogP) is 5.47. The van der Waals surface area contributed by atoms with Gasteiger partial charge in [-0.05, 0) is 37.5 Å². The van der Waals surface area contributed by atoms with E-state index in [1.807, 2.05) is 43.0 Å². The van der Waals surface area contributed by atoms with Crippen LogP contribution in [0.25, 0.3) is 0 Å². The van der Waals surface area contributed by atoms with Crippen LogP contribution in [0.15, 0.2) is 24.3 Å². The third-order valence-corrected chi connectivity index (χ3v) is 6.76. The van der Waals surface area contributed by atoms with Crippen molar-refractivity contribution >= 4 is 39.8 Å². The number of thiazole rings is 1. The minimum absolute atomic E-state index is 0.223. The number of carbonyl (C=O) groups is 1. The summed E-state index contributed by atoms with van der Waals surface area (Å²) < 4.78 is 0. The summed E-state index contributed by atoms with van der Waals surface area (Å²) in [6.45, 7) is 9.44. The second kappa shape index (κ2) is 9.55. The number of amides is 1. The van der Waals surface area contributed by atoms with E-state index in [1.54, 1.807) is 11.3 Å². The molecule has 0 saturated carbocycles. The van der Waals surface area contributed by atoms with E-state index < -0.39 is 0 Å². The van der Waals surface area contributed by atoms with E-state index in [4.69, 9.17) is 16.6 Å². The van der Waals surface area contributed by atoms with Crippen molar-refractivity contribution in [2.75, 3.05) is 11.9 Å². The average Bonchev–Trinajstić information content (AvgIpc) is 3.13. The van der Waals surface area contributed by atoms with Gasteiger partial charge in [0.15, 0.2) is 5.13 Å². The molecule has 3 aromatic rings. The molecule has 1 aromatic carbocycles. The molecule has 2 aromatic heterocycles. The number of aryl methyl sites for hydroxylation is 2. The van der Waals surface area contributed by atoms with Crippen molar-refractivity contribution < 1.29 is 4.79 Å². The fraction of sp³-hybridized carbons (Fsp3) is 0.417. The van der Waals surface area contributed by atoms with Crippen molar-refractivity contribution in [3.63, 3.8) is 0 Å². The Morgan fingerprint density at radius 3 is 2.66 bits per heavy atom. The zero-order valence-electron chi connectivity index (χ0n) is 18.9. The molecule has 0 fully saturated rings. The van der Waals surface area contributed by atoms with E-state index in [9.17, 15) is 4.79 Å². The van der Waals surface area contributed by atoms with E-state index >= 15 is 0 Å². The molecule has 0 unspecified atom stereocenters. The predicted molar refractivity (Wildman–Crippen MR) is 130 cm³/mol. The molecular weight excluding hydrogens is 442 g/mol. The van der Waals surface area contributed by atoms with Crippen molar-refractivity contribution in [2.24, 2.45) is 5.92 Å². The van der Waals surface area contributed by atoms with Crippen LogP contribution < -0.4 is 5.32 Å². The first-order chi connectivity index (χ1) is 15.3. The Kier molecular flexibility index (Phi) is 6.76. The van der Waals surface area contributed by atoms with Crippen LogP contribution in [0.1, 0.15) is 53.5 Å². The first kappa shape index (κ1) is 22.7. The minimum Gasteiger partial charge on any atom is -0.337 e. The molecule has 0 bridgehead atoms. The fourth-order valence-electron chi connectivity index (χ4n) is 3.90. The summed E-state index contributed by atoms with van der Waals surface area (Å²) in [5, 5.41) is 4.98. The van der Waals surface area contributed by atoms with Gasteiger partial charge in [-0.15, -0.1) is 0 Å². The number of aromatic nitrogens is 3. The summed E-state index contributed by atoms with van der Waals surface area (Å²) in [5.74, 6) is 2.09. The van der Waals surface area contributed by atoms with Crippen LogP contribution in [0.5, 0.6) is 0 Å². The molecule has 0 radical (unpaired) electrons. The zero-order chi connectivity index (χ0) is 22.8. The zero-order valence-corrected chi connectivity index (χ0v) is 20.5. The van der Waals surface area contributed by atoms with E-state index in [0.717, 1.165) is 62.2 Å². The lowest BCUT2D eigenvalue weighted by molar-refractivity contribution is -0.132. The molecule has 32 heavy (non-hydrogen) atoms. The Balaban J connectivity index is 1.56. The highest BCUT2D eigenvalue weighted by Gasteiger charge is 2.25. The molecule has 168 valence electrons. The van der Waals surface area contributed by atoms with Crippen molar-refractivity contribution in [2.45, 2.75) is 53.5 Å². The van der Waals surface area contributed by atoms with Gasteiger partial charge in [0.1, 0.15) is 11.6 Å². The third kappa shape index (κ3) is 5.27. The fourth-order valence-corrected chi connectivity index (χ4v) is 5.05. The molecule has 0 atom stereocenters. The van der Waals surface area contributed by atoms with E-state index in [0.29, 0.717) is 25.3 Å². The van der Waals surface area contributed by atoms with Crippen LogP contribution >= 0.6 is 22.9 Å². The molecule has 0 saturated heterocycles. The van der Waals surface area contributed by atoms with Gasteiger partial charge in [-0.3, -0.25) is 4.79 Å². The monoisotopic (exact) mass is 469 g/mol. The van der Waals surface area contributed by atoms with Gasteiger partial charge >= 0.3 is 0 Å². The summed E-state index contributed by atoms with van der Waals surface area (Å²) in [4.78, 5) is 29.7. The van der Waals surface area contributed by atoms with Crippen LogP contribution in [-0.4, -0.2) is 32.3 Å². The first-order valence-electron chi connectivity index (χ1n) is 10.9. The van der Waals surface area contributed by atoms with E-state index in [-0.39, 0.29) is 5.91 Å². The number of anilines is 2. The Labute approximate surface area is 198 Å². The SMILES string of the molecule is Cc1nc(C)c(Cc2ccc(Cl)cc2)c(Nc2nc3c(s2)CN(C(=O)CC(C)C)CC3)n1. The highest BCUT2D eigenvalue weighted by Crippen LogP contribution is 2.32. The summed E-state index contributed by atoms with van der Waals surface area (Å²) >= 11 is 7.65. The van der Waals surface area contributed by atoms with Gasteiger partial charge < -0.3 is 10.2 Å². The highest BCUT2D eigenvalue weighted by molar-refractivity contribution is 7.15. The van der Waals surface area contributed by atoms with Crippen molar-refractivity contribution in [1.82, 2.24) is 19.9 Å². The second-order valence-corrected chi connectivity index (χ2v) is 10.2. The normalized spacial score (nSPS) is 13.4. The van der Waals surface area contributed by atoms with Crippen molar-refractivity contribution in [3.05, 3.63) is 62.5 Å². The molecule has 6 nitrogen and oxygen atoms in total. The molecular formula is C24H28ClN5OS. The summed E-state index contributed by atoms with van der Waals surface area (Å²) in [5.41, 5.74) is 4.21. The Morgan fingerprint density at radius 1 is 1.19 bits per heavy atom. The number of carbonyl (C=O) groups excluding carboxylic acids is 1. The largest absolute Gasteiger partial charge is 0.337 e. The van der Waals surface area contributed by atoms with Crippen LogP contribution in [0.2, 0.25) is 5.02 Å². The van der Waals surface area contributed by atoms with E-state index in [2.05, 4.69) is 29.1 Å². The molecule has 1 aliphatic rings. The van der Waals surface area contributed by atoms with Crippen molar-refractivity contribution in [1.29, 1.82) is 0 Å². The van der Waals surface area contributed by atoms with Gasteiger partial charge in [-0.25, -0.2) is 15.0 Å². The maximum Gasteiger partial charge on any atom is 0.223 e. The number of hydrogen-bond acceptors (Lipinski definition) is 6. The van der Waals surface area contributed by atoms with Crippen LogP contribution in [0.3, 0.4) is 0 Å². The number of rotatable bonds is 6. The number of hydrogen-bond donors (Lipinski definition) is 1. The topological polar surface area (TPSA) is 71.0 Å². The lowest BCUT2D eigenvalue weighted by Crippen LogP contribution is -2.36. The Hall–Kier alpha value is -2.51. The molecule has 3 heterocycles. The number of benzene rings is 1. The molecule has 1 aliphatic heterocycles. The standard InChI is InChI=1S/C24H28ClN5OS/c1-14(2)11-22(31)30-10-9-20-21(13-30)32-24(28-20)29-23-19(15(3)26-16(4)27-23)12-17-5-7-18(25)8-6-17/h5-8,14H,9-13H2,1-4H3,(H,26,27,28,29). The van der Waals surface area contributed by atoms with Gasteiger partial charge in [0.05, 0.1) is 12.2 Å². The van der Waals surface area contributed by atoms with Gasteiger partial charge in [0.2, 0.25) is 5.91 Å². The molecule has 1 N–H and O–H groups in total. The van der Waals surface area contributed by atoms with Crippen LogP contribution in [0, 0.1) is 19.8 Å². The molecule has 0 aliphatic carbocycles.